The quantitative estimate of drug-likeness (QED) is 0.922. The molecule has 1 aromatic carbocycles. The second-order valence-corrected chi connectivity index (χ2v) is 5.68. The van der Waals surface area contributed by atoms with Crippen LogP contribution in [0.3, 0.4) is 0 Å². The molecule has 0 aliphatic carbocycles. The summed E-state index contributed by atoms with van der Waals surface area (Å²) in [6.07, 6.45) is 2.69. The molecule has 2 aromatic rings. The van der Waals surface area contributed by atoms with Crippen molar-refractivity contribution in [2.24, 2.45) is 0 Å². The Morgan fingerprint density at radius 2 is 2.38 bits per heavy atom. The first kappa shape index (κ1) is 14.4. The number of fused-ring (bicyclic) bond motifs is 1. The number of carbonyl (C=O) groups is 1. The van der Waals surface area contributed by atoms with Gasteiger partial charge in [0.25, 0.3) is 0 Å². The van der Waals surface area contributed by atoms with E-state index in [1.165, 1.54) is 0 Å². The molecule has 0 saturated carbocycles. The van der Waals surface area contributed by atoms with Crippen molar-refractivity contribution in [3.8, 4) is 0 Å². The van der Waals surface area contributed by atoms with Crippen LogP contribution in [0.15, 0.2) is 18.2 Å². The molecule has 0 bridgehead atoms. The van der Waals surface area contributed by atoms with E-state index in [2.05, 4.69) is 4.98 Å². The van der Waals surface area contributed by atoms with Crippen LogP contribution in [0.4, 0.5) is 0 Å². The molecule has 1 aliphatic rings. The van der Waals surface area contributed by atoms with Gasteiger partial charge in [-0.3, -0.25) is 4.79 Å². The van der Waals surface area contributed by atoms with Gasteiger partial charge in [-0.05, 0) is 25.0 Å². The van der Waals surface area contributed by atoms with Gasteiger partial charge < -0.3 is 14.4 Å². The molecular weight excluding hydrogens is 292 g/mol. The summed E-state index contributed by atoms with van der Waals surface area (Å²) in [5.74, 6) is -0.0622. The Kier molecular flexibility index (Phi) is 4.12. The van der Waals surface area contributed by atoms with Crippen molar-refractivity contribution < 1.29 is 14.6 Å². The summed E-state index contributed by atoms with van der Waals surface area (Å²) in [4.78, 5) is 15.4. The lowest BCUT2D eigenvalue weighted by Crippen LogP contribution is -2.17. The van der Waals surface area contributed by atoms with Gasteiger partial charge in [0, 0.05) is 13.0 Å². The topological polar surface area (TPSA) is 64.3 Å². The molecule has 6 heteroatoms. The van der Waals surface area contributed by atoms with Crippen molar-refractivity contribution in [1.82, 2.24) is 9.55 Å². The molecule has 112 valence electrons. The number of carboxylic acid groups (broad SMARTS) is 1. The van der Waals surface area contributed by atoms with Gasteiger partial charge in [-0.2, -0.15) is 0 Å². The van der Waals surface area contributed by atoms with E-state index in [0.717, 1.165) is 36.3 Å². The first-order chi connectivity index (χ1) is 10.1. The number of aryl methyl sites for hydroxylation is 1. The van der Waals surface area contributed by atoms with Crippen LogP contribution in [0.2, 0.25) is 5.02 Å². The van der Waals surface area contributed by atoms with Gasteiger partial charge >= 0.3 is 5.97 Å². The Bertz CT molecular complexity index is 662. The van der Waals surface area contributed by atoms with Crippen LogP contribution in [-0.4, -0.2) is 33.3 Å². The standard InChI is InChI=1S/C15H17ClN2O3/c16-11-4-1-5-12-15(11)18(9-10-3-2-8-21-10)13(17-12)6-7-14(19)20/h1,4-5,10H,2-3,6-9H2,(H,19,20). The zero-order valence-corrected chi connectivity index (χ0v) is 12.3. The fourth-order valence-corrected chi connectivity index (χ4v) is 3.06. The third kappa shape index (κ3) is 3.04. The van der Waals surface area contributed by atoms with Gasteiger partial charge in [-0.1, -0.05) is 17.7 Å². The molecule has 0 spiro atoms. The maximum absolute atomic E-state index is 10.8. The number of hydrogen-bond donors (Lipinski definition) is 1. The fraction of sp³-hybridized carbons (Fsp3) is 0.467. The van der Waals surface area contributed by atoms with Gasteiger partial charge in [0.15, 0.2) is 0 Å². The number of imidazole rings is 1. The van der Waals surface area contributed by atoms with E-state index in [1.807, 2.05) is 22.8 Å². The number of para-hydroxylation sites is 1. The van der Waals surface area contributed by atoms with Gasteiger partial charge in [-0.15, -0.1) is 0 Å². The van der Waals surface area contributed by atoms with Gasteiger partial charge in [-0.25, -0.2) is 4.98 Å². The number of ether oxygens (including phenoxy) is 1. The van der Waals surface area contributed by atoms with Crippen molar-refractivity contribution in [2.45, 2.75) is 38.3 Å². The van der Waals surface area contributed by atoms with Gasteiger partial charge in [0.05, 0.1) is 35.1 Å². The van der Waals surface area contributed by atoms with Crippen molar-refractivity contribution in [3.63, 3.8) is 0 Å². The molecule has 1 N–H and O–H groups in total. The van der Waals surface area contributed by atoms with E-state index in [9.17, 15) is 4.79 Å². The lowest BCUT2D eigenvalue weighted by Gasteiger charge is -2.14. The minimum atomic E-state index is -0.822. The van der Waals surface area contributed by atoms with Crippen molar-refractivity contribution >= 4 is 28.6 Å². The van der Waals surface area contributed by atoms with E-state index in [-0.39, 0.29) is 12.5 Å². The zero-order valence-electron chi connectivity index (χ0n) is 11.6. The third-order valence-corrected chi connectivity index (χ3v) is 4.07. The summed E-state index contributed by atoms with van der Waals surface area (Å²) in [5.41, 5.74) is 1.68. The molecule has 1 aromatic heterocycles. The molecule has 3 rings (SSSR count). The van der Waals surface area contributed by atoms with E-state index < -0.39 is 5.97 Å². The summed E-state index contributed by atoms with van der Waals surface area (Å²) in [6.45, 7) is 1.46. The Balaban J connectivity index is 1.98. The van der Waals surface area contributed by atoms with E-state index >= 15 is 0 Å². The highest BCUT2D eigenvalue weighted by molar-refractivity contribution is 6.35. The summed E-state index contributed by atoms with van der Waals surface area (Å²) in [6, 6.07) is 5.59. The largest absolute Gasteiger partial charge is 0.481 e. The van der Waals surface area contributed by atoms with Crippen LogP contribution in [0.5, 0.6) is 0 Å². The van der Waals surface area contributed by atoms with Crippen LogP contribution >= 0.6 is 11.6 Å². The van der Waals surface area contributed by atoms with Crippen molar-refractivity contribution in [3.05, 3.63) is 29.0 Å². The van der Waals surface area contributed by atoms with E-state index in [0.29, 0.717) is 18.0 Å². The number of halogens is 1. The summed E-state index contributed by atoms with van der Waals surface area (Å²) < 4.78 is 7.71. The molecule has 1 atom stereocenters. The number of carboxylic acids is 1. The molecular formula is C15H17ClN2O3. The number of rotatable bonds is 5. The van der Waals surface area contributed by atoms with Crippen LogP contribution in [0, 0.1) is 0 Å². The highest BCUT2D eigenvalue weighted by Gasteiger charge is 2.21. The molecule has 0 amide bonds. The Morgan fingerprint density at radius 3 is 3.10 bits per heavy atom. The number of benzene rings is 1. The van der Waals surface area contributed by atoms with E-state index in [1.54, 1.807) is 0 Å². The van der Waals surface area contributed by atoms with Crippen LogP contribution < -0.4 is 0 Å². The van der Waals surface area contributed by atoms with Crippen molar-refractivity contribution in [1.29, 1.82) is 0 Å². The molecule has 1 saturated heterocycles. The SMILES string of the molecule is O=C(O)CCc1nc2cccc(Cl)c2n1CC1CCCO1. The Labute approximate surface area is 127 Å². The average molecular weight is 309 g/mol. The second-order valence-electron chi connectivity index (χ2n) is 5.27. The smallest absolute Gasteiger partial charge is 0.303 e. The molecule has 5 nitrogen and oxygen atoms in total. The number of hydrogen-bond acceptors (Lipinski definition) is 3. The first-order valence-electron chi connectivity index (χ1n) is 7.12. The Morgan fingerprint density at radius 1 is 1.52 bits per heavy atom. The highest BCUT2D eigenvalue weighted by Crippen LogP contribution is 2.27. The average Bonchev–Trinajstić information content (AvgIpc) is 3.06. The summed E-state index contributed by atoms with van der Waals surface area (Å²) >= 11 is 6.31. The number of aromatic nitrogens is 2. The van der Waals surface area contributed by atoms with Crippen LogP contribution in [0.25, 0.3) is 11.0 Å². The van der Waals surface area contributed by atoms with Crippen LogP contribution in [-0.2, 0) is 22.5 Å². The molecule has 21 heavy (non-hydrogen) atoms. The lowest BCUT2D eigenvalue weighted by molar-refractivity contribution is -0.137. The first-order valence-corrected chi connectivity index (χ1v) is 7.50. The molecule has 1 aliphatic heterocycles. The van der Waals surface area contributed by atoms with Crippen molar-refractivity contribution in [2.75, 3.05) is 6.61 Å². The second kappa shape index (κ2) is 6.03. The molecule has 1 unspecified atom stereocenters. The maximum Gasteiger partial charge on any atom is 0.303 e. The highest BCUT2D eigenvalue weighted by atomic mass is 35.5. The zero-order chi connectivity index (χ0) is 14.8. The monoisotopic (exact) mass is 308 g/mol. The number of nitrogens with zero attached hydrogens (tertiary/aromatic N) is 2. The number of aliphatic carboxylic acids is 1. The van der Waals surface area contributed by atoms with E-state index in [4.69, 9.17) is 21.4 Å². The minimum absolute atomic E-state index is 0.0620. The molecule has 1 fully saturated rings. The Hall–Kier alpha value is -1.59. The van der Waals surface area contributed by atoms with Gasteiger partial charge in [0.1, 0.15) is 5.82 Å². The molecule has 0 radical (unpaired) electrons. The summed E-state index contributed by atoms with van der Waals surface area (Å²) in [5, 5.41) is 9.53. The lowest BCUT2D eigenvalue weighted by atomic mass is 10.2. The van der Waals surface area contributed by atoms with Gasteiger partial charge in [0.2, 0.25) is 0 Å². The predicted molar refractivity (Wildman–Crippen MR) is 79.7 cm³/mol. The predicted octanol–water partition coefficient (Wildman–Crippen LogP) is 2.89. The molecule has 2 heterocycles. The summed E-state index contributed by atoms with van der Waals surface area (Å²) in [7, 11) is 0. The third-order valence-electron chi connectivity index (χ3n) is 3.77. The minimum Gasteiger partial charge on any atom is -0.481 e. The fourth-order valence-electron chi connectivity index (χ4n) is 2.79. The maximum atomic E-state index is 10.8. The normalized spacial score (nSPS) is 18.4. The van der Waals surface area contributed by atoms with Crippen LogP contribution in [0.1, 0.15) is 25.1 Å².